The minimum absolute atomic E-state index is 0.115. The average Bonchev–Trinajstić information content (AvgIpc) is 2.59. The third-order valence-corrected chi connectivity index (χ3v) is 3.67. The number of nitrogens with zero attached hydrogens (tertiary/aromatic N) is 1. The Morgan fingerprint density at radius 2 is 1.57 bits per heavy atom. The van der Waals surface area contributed by atoms with E-state index in [0.717, 1.165) is 17.7 Å². The van der Waals surface area contributed by atoms with Gasteiger partial charge in [-0.2, -0.15) is 0 Å². The molecule has 1 heterocycles. The highest BCUT2D eigenvalue weighted by Gasteiger charge is 2.16. The largest absolute Gasteiger partial charge is 0.305 e. The molecule has 1 amide bonds. The van der Waals surface area contributed by atoms with E-state index in [1.165, 1.54) is 5.56 Å². The van der Waals surface area contributed by atoms with Crippen LogP contribution in [0.2, 0.25) is 0 Å². The number of benzene rings is 2. The summed E-state index contributed by atoms with van der Waals surface area (Å²) in [5.74, 6) is -0.115. The van der Waals surface area contributed by atoms with E-state index in [1.54, 1.807) is 0 Å². The number of rotatable bonds is 4. The first kappa shape index (κ1) is 15.0. The van der Waals surface area contributed by atoms with Crippen LogP contribution in [0.4, 0.5) is 0 Å². The maximum Gasteiger partial charge on any atom is 0.305 e. The Bertz CT molecular complexity index is 798. The first-order valence-electron chi connectivity index (χ1n) is 7.64. The number of carbonyl (C=O) groups excluding carboxylic acids is 1. The van der Waals surface area contributed by atoms with Crippen molar-refractivity contribution >= 4 is 5.91 Å². The number of hydrogen-bond donors (Lipinski definition) is 1. The van der Waals surface area contributed by atoms with Crippen molar-refractivity contribution in [1.29, 1.82) is 0 Å². The molecule has 0 radical (unpaired) electrons. The minimum atomic E-state index is -0.115. The van der Waals surface area contributed by atoms with Gasteiger partial charge in [0.05, 0.1) is 6.42 Å². The normalized spacial score (nSPS) is 10.3. The van der Waals surface area contributed by atoms with E-state index >= 15 is 0 Å². The molecule has 114 valence electrons. The van der Waals surface area contributed by atoms with Gasteiger partial charge in [0.2, 0.25) is 11.9 Å². The van der Waals surface area contributed by atoms with Crippen LogP contribution in [-0.4, -0.2) is 5.91 Å². The Labute approximate surface area is 136 Å². The Morgan fingerprint density at radius 3 is 2.26 bits per heavy atom. The fourth-order valence-corrected chi connectivity index (χ4v) is 2.45. The molecular weight excluding hydrogens is 284 g/mol. The Balaban J connectivity index is 1.86. The van der Waals surface area contributed by atoms with Gasteiger partial charge in [0.15, 0.2) is 0 Å². The van der Waals surface area contributed by atoms with Gasteiger partial charge in [-0.1, -0.05) is 53.2 Å². The molecule has 0 saturated carbocycles. The van der Waals surface area contributed by atoms with Gasteiger partial charge in [0.1, 0.15) is 0 Å². The quantitative estimate of drug-likeness (QED) is 0.737. The van der Waals surface area contributed by atoms with Crippen LogP contribution in [0.1, 0.15) is 27.2 Å². The molecule has 0 aliphatic carbocycles. The zero-order valence-electron chi connectivity index (χ0n) is 13.1. The van der Waals surface area contributed by atoms with E-state index in [2.05, 4.69) is 23.6 Å². The minimum Gasteiger partial charge on any atom is -0.264 e. The van der Waals surface area contributed by atoms with Crippen LogP contribution >= 0.6 is 0 Å². The number of hydrogen-bond acceptors (Lipinski definition) is 1. The molecule has 3 aromatic rings. The number of amides is 1. The van der Waals surface area contributed by atoms with Gasteiger partial charge in [-0.15, -0.1) is 5.43 Å². The maximum absolute atomic E-state index is 12.4. The Morgan fingerprint density at radius 1 is 0.913 bits per heavy atom. The van der Waals surface area contributed by atoms with E-state index in [0.29, 0.717) is 5.56 Å². The number of aryl methyl sites for hydroxylation is 1. The molecule has 3 heteroatoms. The zero-order valence-corrected chi connectivity index (χ0v) is 13.1. The van der Waals surface area contributed by atoms with Gasteiger partial charge in [0, 0.05) is 17.2 Å². The molecular formula is C20H19N2O+. The van der Waals surface area contributed by atoms with E-state index in [1.807, 2.05) is 72.4 Å². The number of aromatic nitrogens is 1. The standard InChI is InChI=1S/C20H18N2O/c1-16-12-13-19(14-17-8-4-2-5-9-17)22(15-16)21-20(23)18-10-6-3-7-11-18/h2-13,15H,14H2,1H3/p+1. The van der Waals surface area contributed by atoms with Gasteiger partial charge < -0.3 is 0 Å². The molecule has 2 aromatic carbocycles. The lowest BCUT2D eigenvalue weighted by atomic mass is 10.1. The summed E-state index contributed by atoms with van der Waals surface area (Å²) in [6.07, 6.45) is 2.70. The third kappa shape index (κ3) is 3.83. The highest BCUT2D eigenvalue weighted by atomic mass is 16.2. The summed E-state index contributed by atoms with van der Waals surface area (Å²) in [5.41, 5.74) is 6.94. The summed E-state index contributed by atoms with van der Waals surface area (Å²) in [5, 5.41) is 0. The smallest absolute Gasteiger partial charge is 0.264 e. The van der Waals surface area contributed by atoms with Crippen molar-refractivity contribution in [2.45, 2.75) is 13.3 Å². The predicted octanol–water partition coefficient (Wildman–Crippen LogP) is 3.26. The van der Waals surface area contributed by atoms with Gasteiger partial charge in [-0.3, -0.25) is 4.79 Å². The summed E-state index contributed by atoms with van der Waals surface area (Å²) in [6, 6.07) is 23.6. The fraction of sp³-hybridized carbons (Fsp3) is 0.100. The topological polar surface area (TPSA) is 33.0 Å². The lowest BCUT2D eigenvalue weighted by Gasteiger charge is -2.06. The summed E-state index contributed by atoms with van der Waals surface area (Å²) < 4.78 is 1.82. The second-order valence-corrected chi connectivity index (χ2v) is 5.54. The van der Waals surface area contributed by atoms with Crippen molar-refractivity contribution in [3.05, 3.63) is 101 Å². The molecule has 0 bridgehead atoms. The second-order valence-electron chi connectivity index (χ2n) is 5.54. The van der Waals surface area contributed by atoms with E-state index in [9.17, 15) is 4.79 Å². The molecule has 1 N–H and O–H groups in total. The molecule has 0 aliphatic rings. The summed E-state index contributed by atoms with van der Waals surface area (Å²) in [7, 11) is 0. The van der Waals surface area contributed by atoms with Crippen molar-refractivity contribution in [3.63, 3.8) is 0 Å². The first-order chi connectivity index (χ1) is 11.2. The lowest BCUT2D eigenvalue weighted by molar-refractivity contribution is -0.649. The van der Waals surface area contributed by atoms with Gasteiger partial charge in [-0.25, -0.2) is 0 Å². The van der Waals surface area contributed by atoms with Gasteiger partial charge in [-0.05, 0) is 30.7 Å². The second kappa shape index (κ2) is 6.88. The monoisotopic (exact) mass is 303 g/mol. The van der Waals surface area contributed by atoms with Crippen LogP contribution in [0.5, 0.6) is 0 Å². The molecule has 23 heavy (non-hydrogen) atoms. The zero-order chi connectivity index (χ0) is 16.1. The highest BCUT2D eigenvalue weighted by molar-refractivity contribution is 5.98. The Hall–Kier alpha value is -2.94. The molecule has 0 unspecified atom stereocenters. The molecule has 0 spiro atoms. The van der Waals surface area contributed by atoms with Crippen molar-refractivity contribution in [1.82, 2.24) is 0 Å². The van der Waals surface area contributed by atoms with Crippen molar-refractivity contribution in [2.75, 3.05) is 5.43 Å². The lowest BCUT2D eigenvalue weighted by Crippen LogP contribution is -2.51. The SMILES string of the molecule is Cc1ccc(Cc2ccccc2)[n+](NC(=O)c2ccccc2)c1. The molecule has 3 rings (SSSR count). The van der Waals surface area contributed by atoms with Crippen LogP contribution in [0.15, 0.2) is 79.0 Å². The van der Waals surface area contributed by atoms with Crippen molar-refractivity contribution in [2.24, 2.45) is 0 Å². The average molecular weight is 303 g/mol. The molecule has 0 fully saturated rings. The van der Waals surface area contributed by atoms with Gasteiger partial charge in [0.25, 0.3) is 0 Å². The van der Waals surface area contributed by atoms with Crippen LogP contribution in [0.3, 0.4) is 0 Å². The number of nitrogens with one attached hydrogen (secondary N) is 1. The molecule has 1 aromatic heterocycles. The van der Waals surface area contributed by atoms with Crippen LogP contribution in [0.25, 0.3) is 0 Å². The molecule has 0 saturated heterocycles. The van der Waals surface area contributed by atoms with Crippen LogP contribution in [0, 0.1) is 6.92 Å². The van der Waals surface area contributed by atoms with E-state index in [4.69, 9.17) is 0 Å². The summed E-state index contributed by atoms with van der Waals surface area (Å²) in [6.45, 7) is 2.01. The predicted molar refractivity (Wildman–Crippen MR) is 90.8 cm³/mol. The summed E-state index contributed by atoms with van der Waals surface area (Å²) in [4.78, 5) is 12.4. The highest BCUT2D eigenvalue weighted by Crippen LogP contribution is 2.06. The molecule has 0 aliphatic heterocycles. The fourth-order valence-electron chi connectivity index (χ4n) is 2.45. The third-order valence-electron chi connectivity index (χ3n) is 3.67. The van der Waals surface area contributed by atoms with Crippen LogP contribution in [-0.2, 0) is 6.42 Å². The number of pyridine rings is 1. The van der Waals surface area contributed by atoms with Crippen LogP contribution < -0.4 is 10.1 Å². The Kier molecular flexibility index (Phi) is 4.48. The van der Waals surface area contributed by atoms with E-state index < -0.39 is 0 Å². The van der Waals surface area contributed by atoms with Crippen molar-refractivity contribution < 1.29 is 9.47 Å². The molecule has 3 nitrogen and oxygen atoms in total. The van der Waals surface area contributed by atoms with Gasteiger partial charge >= 0.3 is 5.91 Å². The summed E-state index contributed by atoms with van der Waals surface area (Å²) >= 11 is 0. The van der Waals surface area contributed by atoms with E-state index in [-0.39, 0.29) is 5.91 Å². The molecule has 0 atom stereocenters. The number of carbonyl (C=O) groups is 1. The first-order valence-corrected chi connectivity index (χ1v) is 7.64. The van der Waals surface area contributed by atoms with Crippen molar-refractivity contribution in [3.8, 4) is 0 Å². The maximum atomic E-state index is 12.4.